The molecule has 0 saturated heterocycles. The zero-order valence-corrected chi connectivity index (χ0v) is 14.7. The molecule has 0 aliphatic carbocycles. The number of hydrogen-bond acceptors (Lipinski definition) is 4. The summed E-state index contributed by atoms with van der Waals surface area (Å²) in [7, 11) is 0. The first-order chi connectivity index (χ1) is 11.7. The Hall–Kier alpha value is -2.18. The van der Waals surface area contributed by atoms with Crippen molar-refractivity contribution in [2.75, 3.05) is 19.7 Å². The predicted molar refractivity (Wildman–Crippen MR) is 97.0 cm³/mol. The molecule has 0 spiro atoms. The van der Waals surface area contributed by atoms with Gasteiger partial charge in [-0.2, -0.15) is 5.10 Å². The number of aryl methyl sites for hydroxylation is 1. The molecule has 0 radical (unpaired) electrons. The zero-order valence-electron chi connectivity index (χ0n) is 13.9. The molecule has 3 aromatic rings. The fourth-order valence-corrected chi connectivity index (χ4v) is 3.91. The first-order valence-corrected chi connectivity index (χ1v) is 8.92. The van der Waals surface area contributed by atoms with Gasteiger partial charge < -0.3 is 10.0 Å². The number of amides is 1. The summed E-state index contributed by atoms with van der Waals surface area (Å²) >= 11 is 1.46. The van der Waals surface area contributed by atoms with E-state index in [1.54, 1.807) is 4.90 Å². The smallest absolute Gasteiger partial charge is 0.264 e. The number of thiophene rings is 1. The minimum absolute atomic E-state index is 0.0204. The Morgan fingerprint density at radius 2 is 2.04 bits per heavy atom. The molecular weight excluding hydrogens is 322 g/mol. The normalized spacial score (nSPS) is 11.1. The monoisotopic (exact) mass is 343 g/mol. The Kier molecular flexibility index (Phi) is 4.97. The van der Waals surface area contributed by atoms with Gasteiger partial charge in [-0.15, -0.1) is 11.3 Å². The number of aromatic nitrogens is 2. The van der Waals surface area contributed by atoms with Crippen LogP contribution in [0.15, 0.2) is 36.4 Å². The number of fused-ring (bicyclic) bond motifs is 1. The summed E-state index contributed by atoms with van der Waals surface area (Å²) in [5.41, 5.74) is 1.89. The molecular formula is C18H21N3O2S. The molecule has 0 fully saturated rings. The molecule has 1 aromatic carbocycles. The number of nitrogens with zero attached hydrogens (tertiary/aromatic N) is 3. The summed E-state index contributed by atoms with van der Waals surface area (Å²) in [6, 6.07) is 11.8. The van der Waals surface area contributed by atoms with E-state index in [-0.39, 0.29) is 12.5 Å². The van der Waals surface area contributed by atoms with E-state index in [4.69, 9.17) is 0 Å². The third kappa shape index (κ3) is 3.07. The molecule has 3 rings (SSSR count). The number of para-hydroxylation sites is 1. The van der Waals surface area contributed by atoms with E-state index >= 15 is 0 Å². The Labute approximate surface area is 145 Å². The molecule has 6 heteroatoms. The highest BCUT2D eigenvalue weighted by Crippen LogP contribution is 2.31. The molecule has 5 nitrogen and oxygen atoms in total. The van der Waals surface area contributed by atoms with E-state index in [2.05, 4.69) is 5.10 Å². The van der Waals surface area contributed by atoms with Crippen molar-refractivity contribution < 1.29 is 9.90 Å². The maximum atomic E-state index is 12.7. The summed E-state index contributed by atoms with van der Waals surface area (Å²) in [6.07, 6.45) is 0.869. The lowest BCUT2D eigenvalue weighted by Gasteiger charge is -2.20. The van der Waals surface area contributed by atoms with Gasteiger partial charge in [0.25, 0.3) is 5.91 Å². The Morgan fingerprint density at radius 1 is 1.29 bits per heavy atom. The van der Waals surface area contributed by atoms with Crippen LogP contribution in [-0.2, 0) is 0 Å². The van der Waals surface area contributed by atoms with Crippen LogP contribution in [0.25, 0.3) is 15.9 Å². The van der Waals surface area contributed by atoms with Gasteiger partial charge in [0.1, 0.15) is 4.83 Å². The van der Waals surface area contributed by atoms with E-state index in [1.807, 2.05) is 54.9 Å². The second-order valence-corrected chi connectivity index (χ2v) is 6.71. The average Bonchev–Trinajstić information content (AvgIpc) is 3.16. The highest BCUT2D eigenvalue weighted by molar-refractivity contribution is 7.20. The van der Waals surface area contributed by atoms with Crippen molar-refractivity contribution in [3.8, 4) is 5.69 Å². The minimum Gasteiger partial charge on any atom is -0.395 e. The first kappa shape index (κ1) is 16.7. The molecule has 0 aliphatic rings. The van der Waals surface area contributed by atoms with Crippen LogP contribution in [0, 0.1) is 6.92 Å². The van der Waals surface area contributed by atoms with Crippen LogP contribution in [0.1, 0.15) is 28.7 Å². The van der Waals surface area contributed by atoms with Gasteiger partial charge >= 0.3 is 0 Å². The maximum Gasteiger partial charge on any atom is 0.264 e. The summed E-state index contributed by atoms with van der Waals surface area (Å²) in [5, 5.41) is 14.8. The number of carbonyl (C=O) groups is 1. The first-order valence-electron chi connectivity index (χ1n) is 8.10. The fourth-order valence-electron chi connectivity index (χ4n) is 2.76. The van der Waals surface area contributed by atoms with Gasteiger partial charge in [-0.05, 0) is 31.5 Å². The lowest BCUT2D eigenvalue weighted by Crippen LogP contribution is -2.33. The van der Waals surface area contributed by atoms with Gasteiger partial charge in [0, 0.05) is 18.5 Å². The minimum atomic E-state index is -0.0221. The number of benzene rings is 1. The van der Waals surface area contributed by atoms with Crippen LogP contribution in [0.3, 0.4) is 0 Å². The van der Waals surface area contributed by atoms with Gasteiger partial charge in [-0.3, -0.25) is 4.79 Å². The van der Waals surface area contributed by atoms with E-state index in [0.717, 1.165) is 28.0 Å². The second-order valence-electron chi connectivity index (χ2n) is 5.68. The lowest BCUT2D eigenvalue weighted by molar-refractivity contribution is 0.0727. The number of carbonyl (C=O) groups excluding carboxylic acids is 1. The van der Waals surface area contributed by atoms with Crippen LogP contribution in [0.2, 0.25) is 0 Å². The molecule has 0 saturated carbocycles. The van der Waals surface area contributed by atoms with Crippen molar-refractivity contribution in [2.24, 2.45) is 0 Å². The fraction of sp³-hybridized carbons (Fsp3) is 0.333. The molecule has 2 aromatic heterocycles. The van der Waals surface area contributed by atoms with Gasteiger partial charge in [0.2, 0.25) is 0 Å². The molecule has 126 valence electrons. The molecule has 1 amide bonds. The number of aliphatic hydroxyl groups is 1. The van der Waals surface area contributed by atoms with E-state index in [1.165, 1.54) is 11.3 Å². The van der Waals surface area contributed by atoms with Crippen molar-refractivity contribution in [1.29, 1.82) is 0 Å². The molecule has 0 unspecified atom stereocenters. The van der Waals surface area contributed by atoms with Crippen LogP contribution < -0.4 is 0 Å². The van der Waals surface area contributed by atoms with Gasteiger partial charge in [-0.1, -0.05) is 25.1 Å². The van der Waals surface area contributed by atoms with E-state index in [0.29, 0.717) is 18.0 Å². The van der Waals surface area contributed by atoms with Crippen molar-refractivity contribution >= 4 is 27.5 Å². The molecule has 0 bridgehead atoms. The topological polar surface area (TPSA) is 58.4 Å². The molecule has 1 N–H and O–H groups in total. The van der Waals surface area contributed by atoms with Crippen molar-refractivity contribution in [1.82, 2.24) is 14.7 Å². The van der Waals surface area contributed by atoms with Crippen LogP contribution in [0.4, 0.5) is 0 Å². The quantitative estimate of drug-likeness (QED) is 0.747. The van der Waals surface area contributed by atoms with E-state index in [9.17, 15) is 9.90 Å². The van der Waals surface area contributed by atoms with Gasteiger partial charge in [-0.25, -0.2) is 4.68 Å². The predicted octanol–water partition coefficient (Wildman–Crippen LogP) is 3.24. The third-order valence-electron chi connectivity index (χ3n) is 3.91. The molecule has 0 atom stereocenters. The third-order valence-corrected chi connectivity index (χ3v) is 5.01. The van der Waals surface area contributed by atoms with Gasteiger partial charge in [0.05, 0.1) is 22.9 Å². The Morgan fingerprint density at radius 3 is 2.71 bits per heavy atom. The maximum absolute atomic E-state index is 12.7. The number of rotatable bonds is 6. The standard InChI is InChI=1S/C18H21N3O2S/c1-3-9-20(10-11-22)17(23)16-12-15-13(2)19-21(18(15)24-16)14-7-5-4-6-8-14/h4-8,12,22H,3,9-11H2,1-2H3. The van der Waals surface area contributed by atoms with Crippen LogP contribution in [-0.4, -0.2) is 45.4 Å². The van der Waals surface area contributed by atoms with Crippen molar-refractivity contribution in [2.45, 2.75) is 20.3 Å². The molecule has 24 heavy (non-hydrogen) atoms. The number of hydrogen-bond donors (Lipinski definition) is 1. The van der Waals surface area contributed by atoms with E-state index < -0.39 is 0 Å². The molecule has 2 heterocycles. The highest BCUT2D eigenvalue weighted by Gasteiger charge is 2.20. The van der Waals surface area contributed by atoms with Crippen LogP contribution >= 0.6 is 11.3 Å². The molecule has 0 aliphatic heterocycles. The van der Waals surface area contributed by atoms with Gasteiger partial charge in [0.15, 0.2) is 0 Å². The number of aliphatic hydroxyl groups excluding tert-OH is 1. The lowest BCUT2D eigenvalue weighted by atomic mass is 10.3. The summed E-state index contributed by atoms with van der Waals surface area (Å²) in [5.74, 6) is -0.0221. The SMILES string of the molecule is CCCN(CCO)C(=O)c1cc2c(C)nn(-c3ccccc3)c2s1. The largest absolute Gasteiger partial charge is 0.395 e. The second kappa shape index (κ2) is 7.15. The summed E-state index contributed by atoms with van der Waals surface area (Å²) in [4.78, 5) is 16.1. The van der Waals surface area contributed by atoms with Crippen LogP contribution in [0.5, 0.6) is 0 Å². The highest BCUT2D eigenvalue weighted by atomic mass is 32.1. The summed E-state index contributed by atoms with van der Waals surface area (Å²) < 4.78 is 1.89. The zero-order chi connectivity index (χ0) is 17.1. The average molecular weight is 343 g/mol. The summed E-state index contributed by atoms with van der Waals surface area (Å²) in [6.45, 7) is 4.98. The van der Waals surface area contributed by atoms with Crippen molar-refractivity contribution in [3.05, 3.63) is 47.0 Å². The Balaban J connectivity index is 2.01. The van der Waals surface area contributed by atoms with Crippen molar-refractivity contribution in [3.63, 3.8) is 0 Å². The Bertz CT molecular complexity index is 833.